The average molecular weight is 220 g/mol. The van der Waals surface area contributed by atoms with Crippen molar-refractivity contribution in [3.63, 3.8) is 0 Å². The topological polar surface area (TPSA) is 86.9 Å². The Labute approximate surface area is 92.3 Å². The third-order valence-corrected chi connectivity index (χ3v) is 2.59. The molecule has 7 nitrogen and oxygen atoms in total. The van der Waals surface area contributed by atoms with Gasteiger partial charge in [0, 0.05) is 25.0 Å². The van der Waals surface area contributed by atoms with Crippen LogP contribution in [0.1, 0.15) is 16.2 Å². The van der Waals surface area contributed by atoms with Gasteiger partial charge in [-0.05, 0) is 18.5 Å². The molecule has 0 bridgehead atoms. The van der Waals surface area contributed by atoms with Crippen molar-refractivity contribution in [2.75, 3.05) is 13.1 Å². The number of aromatic nitrogens is 2. The van der Waals surface area contributed by atoms with Crippen LogP contribution in [0.25, 0.3) is 10.4 Å². The Bertz CT molecular complexity index is 466. The third-order valence-electron chi connectivity index (χ3n) is 2.59. The maximum Gasteiger partial charge on any atom is 0.272 e. The molecular weight excluding hydrogens is 208 g/mol. The highest BCUT2D eigenvalue weighted by molar-refractivity contribution is 5.93. The molecule has 1 aliphatic heterocycles. The molecule has 16 heavy (non-hydrogen) atoms. The Morgan fingerprint density at radius 2 is 2.38 bits per heavy atom. The van der Waals surface area contributed by atoms with E-state index in [4.69, 9.17) is 5.53 Å². The standard InChI is InChI=1S/C9H12N6O/c1-6-3-8(14(2)12-6)9(16)15-4-7(5-15)11-13-10/h3,7H,4-5H2,1-2H3. The van der Waals surface area contributed by atoms with E-state index in [0.29, 0.717) is 18.8 Å². The minimum atomic E-state index is -0.0803. The predicted octanol–water partition coefficient (Wildman–Crippen LogP) is 0.863. The number of nitrogens with zero attached hydrogens (tertiary/aromatic N) is 6. The molecule has 84 valence electrons. The number of amides is 1. The molecule has 1 amide bonds. The Kier molecular flexibility index (Phi) is 2.54. The molecular formula is C9H12N6O. The SMILES string of the molecule is Cc1cc(C(=O)N2CC(N=[N+]=[N-])C2)n(C)n1. The van der Waals surface area contributed by atoms with Crippen molar-refractivity contribution in [2.45, 2.75) is 13.0 Å². The molecule has 1 aliphatic rings. The molecule has 0 aliphatic carbocycles. The molecule has 0 atom stereocenters. The van der Waals surface area contributed by atoms with Crippen LogP contribution in [0, 0.1) is 6.92 Å². The molecule has 1 aromatic heterocycles. The fourth-order valence-corrected chi connectivity index (χ4v) is 1.74. The lowest BCUT2D eigenvalue weighted by Crippen LogP contribution is -2.52. The number of hydrogen-bond acceptors (Lipinski definition) is 3. The van der Waals surface area contributed by atoms with Gasteiger partial charge < -0.3 is 4.90 Å². The van der Waals surface area contributed by atoms with Gasteiger partial charge in [0.15, 0.2) is 0 Å². The van der Waals surface area contributed by atoms with Gasteiger partial charge in [-0.15, -0.1) is 0 Å². The van der Waals surface area contributed by atoms with Crippen molar-refractivity contribution < 1.29 is 4.79 Å². The van der Waals surface area contributed by atoms with Crippen molar-refractivity contribution in [1.29, 1.82) is 0 Å². The van der Waals surface area contributed by atoms with Crippen molar-refractivity contribution in [1.82, 2.24) is 14.7 Å². The minimum Gasteiger partial charge on any atom is -0.336 e. The Balaban J connectivity index is 2.05. The maximum absolute atomic E-state index is 11.9. The van der Waals surface area contributed by atoms with Crippen LogP contribution in [0.15, 0.2) is 11.2 Å². The van der Waals surface area contributed by atoms with Crippen molar-refractivity contribution in [2.24, 2.45) is 12.2 Å². The molecule has 1 saturated heterocycles. The van der Waals surface area contributed by atoms with E-state index in [9.17, 15) is 4.79 Å². The first-order valence-electron chi connectivity index (χ1n) is 4.96. The fourth-order valence-electron chi connectivity index (χ4n) is 1.74. The van der Waals surface area contributed by atoms with E-state index in [1.165, 1.54) is 0 Å². The van der Waals surface area contributed by atoms with Gasteiger partial charge in [-0.3, -0.25) is 9.48 Å². The van der Waals surface area contributed by atoms with Crippen LogP contribution < -0.4 is 0 Å². The van der Waals surface area contributed by atoms with Gasteiger partial charge >= 0.3 is 0 Å². The van der Waals surface area contributed by atoms with Crippen LogP contribution in [0.5, 0.6) is 0 Å². The Morgan fingerprint density at radius 3 is 2.88 bits per heavy atom. The number of hydrogen-bond donors (Lipinski definition) is 0. The molecule has 0 unspecified atom stereocenters. The summed E-state index contributed by atoms with van der Waals surface area (Å²) in [4.78, 5) is 16.3. The van der Waals surface area contributed by atoms with Crippen LogP contribution in [0.4, 0.5) is 0 Å². The first-order chi connectivity index (χ1) is 7.61. The Morgan fingerprint density at radius 1 is 1.69 bits per heavy atom. The second kappa shape index (κ2) is 3.86. The van der Waals surface area contributed by atoms with Crippen molar-refractivity contribution >= 4 is 5.91 Å². The average Bonchev–Trinajstić information content (AvgIpc) is 2.50. The number of rotatable bonds is 2. The quantitative estimate of drug-likeness (QED) is 0.420. The van der Waals surface area contributed by atoms with Gasteiger partial charge in [0.1, 0.15) is 5.69 Å². The monoisotopic (exact) mass is 220 g/mol. The van der Waals surface area contributed by atoms with E-state index in [1.807, 2.05) is 6.92 Å². The lowest BCUT2D eigenvalue weighted by Gasteiger charge is -2.36. The molecule has 0 radical (unpaired) electrons. The second-order valence-electron chi connectivity index (χ2n) is 3.86. The van der Waals surface area contributed by atoms with Crippen LogP contribution in [0.3, 0.4) is 0 Å². The van der Waals surface area contributed by atoms with Crippen LogP contribution >= 0.6 is 0 Å². The smallest absolute Gasteiger partial charge is 0.272 e. The molecule has 0 saturated carbocycles. The second-order valence-corrected chi connectivity index (χ2v) is 3.86. The molecule has 2 rings (SSSR count). The number of aryl methyl sites for hydroxylation is 2. The first kappa shape index (κ1) is 10.5. The highest BCUT2D eigenvalue weighted by atomic mass is 16.2. The molecule has 0 N–H and O–H groups in total. The summed E-state index contributed by atoms with van der Waals surface area (Å²) in [5, 5.41) is 7.66. The summed E-state index contributed by atoms with van der Waals surface area (Å²) in [7, 11) is 1.74. The van der Waals surface area contributed by atoms with E-state index >= 15 is 0 Å². The van der Waals surface area contributed by atoms with Crippen LogP contribution in [-0.2, 0) is 7.05 Å². The molecule has 0 spiro atoms. The molecule has 2 heterocycles. The zero-order valence-electron chi connectivity index (χ0n) is 9.16. The lowest BCUT2D eigenvalue weighted by molar-refractivity contribution is 0.0597. The largest absolute Gasteiger partial charge is 0.336 e. The van der Waals surface area contributed by atoms with Crippen LogP contribution in [0.2, 0.25) is 0 Å². The summed E-state index contributed by atoms with van der Waals surface area (Å²) in [5.41, 5.74) is 9.62. The third kappa shape index (κ3) is 1.72. The minimum absolute atomic E-state index is 0.0625. The van der Waals surface area contributed by atoms with E-state index in [1.54, 1.807) is 22.7 Å². The van der Waals surface area contributed by atoms with Gasteiger partial charge in [-0.2, -0.15) is 5.10 Å². The highest BCUT2D eigenvalue weighted by Crippen LogP contribution is 2.16. The van der Waals surface area contributed by atoms with Gasteiger partial charge in [0.25, 0.3) is 5.91 Å². The number of carbonyl (C=O) groups excluding carboxylic acids is 1. The molecule has 7 heteroatoms. The van der Waals surface area contributed by atoms with E-state index in [2.05, 4.69) is 15.1 Å². The van der Waals surface area contributed by atoms with Gasteiger partial charge in [-0.1, -0.05) is 5.11 Å². The van der Waals surface area contributed by atoms with Gasteiger partial charge in [0.2, 0.25) is 0 Å². The maximum atomic E-state index is 11.9. The van der Waals surface area contributed by atoms with E-state index in [-0.39, 0.29) is 11.9 Å². The van der Waals surface area contributed by atoms with Crippen molar-refractivity contribution in [3.8, 4) is 0 Å². The number of azide groups is 1. The number of carbonyl (C=O) groups is 1. The van der Waals surface area contributed by atoms with E-state index < -0.39 is 0 Å². The number of likely N-dealkylation sites (tertiary alicyclic amines) is 1. The molecule has 1 aromatic rings. The van der Waals surface area contributed by atoms with Crippen molar-refractivity contribution in [3.05, 3.63) is 27.9 Å². The highest BCUT2D eigenvalue weighted by Gasteiger charge is 2.31. The van der Waals surface area contributed by atoms with Crippen LogP contribution in [-0.4, -0.2) is 39.7 Å². The van der Waals surface area contributed by atoms with Gasteiger partial charge in [-0.25, -0.2) is 0 Å². The summed E-state index contributed by atoms with van der Waals surface area (Å²) in [6.45, 7) is 2.83. The zero-order chi connectivity index (χ0) is 11.7. The lowest BCUT2D eigenvalue weighted by atomic mass is 10.1. The first-order valence-corrected chi connectivity index (χ1v) is 4.96. The Hall–Kier alpha value is -2.01. The predicted molar refractivity (Wildman–Crippen MR) is 56.8 cm³/mol. The van der Waals surface area contributed by atoms with Gasteiger partial charge in [0.05, 0.1) is 11.7 Å². The normalized spacial score (nSPS) is 15.5. The zero-order valence-corrected chi connectivity index (χ0v) is 9.16. The molecule has 1 fully saturated rings. The summed E-state index contributed by atoms with van der Waals surface area (Å²) < 4.78 is 1.57. The summed E-state index contributed by atoms with van der Waals surface area (Å²) in [5.74, 6) is -0.0625. The summed E-state index contributed by atoms with van der Waals surface area (Å²) >= 11 is 0. The summed E-state index contributed by atoms with van der Waals surface area (Å²) in [6.07, 6.45) is 0. The summed E-state index contributed by atoms with van der Waals surface area (Å²) in [6, 6.07) is 1.67. The van der Waals surface area contributed by atoms with E-state index in [0.717, 1.165) is 5.69 Å². The fraction of sp³-hybridized carbons (Fsp3) is 0.556. The molecule has 0 aromatic carbocycles.